The molecule has 0 unspecified atom stereocenters. The number of aromatic nitrogens is 3. The number of hydrogen-bond donors (Lipinski definition) is 2. The van der Waals surface area contributed by atoms with Crippen molar-refractivity contribution in [3.8, 4) is 17.2 Å². The minimum atomic E-state index is 0. The summed E-state index contributed by atoms with van der Waals surface area (Å²) in [6.07, 6.45) is 3.16. The topological polar surface area (TPSA) is 99.6 Å². The predicted octanol–water partition coefficient (Wildman–Crippen LogP) is 2.51. The molecule has 8 nitrogen and oxygen atoms in total. The van der Waals surface area contributed by atoms with Crippen LogP contribution in [0, 0.1) is 0 Å². The summed E-state index contributed by atoms with van der Waals surface area (Å²) >= 11 is 0. The Kier molecular flexibility index (Phi) is 8.05. The smallest absolute Gasteiger partial charge is 0.189 e. The molecule has 1 aromatic heterocycles. The molecular formula is C19H23IN6O2. The first kappa shape index (κ1) is 21.5. The average Bonchev–Trinajstić information content (AvgIpc) is 3.25. The lowest BCUT2D eigenvalue weighted by Crippen LogP contribution is -2.31. The van der Waals surface area contributed by atoms with E-state index in [1.807, 2.05) is 42.5 Å². The van der Waals surface area contributed by atoms with Crippen LogP contribution in [0.3, 0.4) is 0 Å². The number of benzene rings is 2. The Bertz CT molecular complexity index is 897. The summed E-state index contributed by atoms with van der Waals surface area (Å²) in [5.74, 6) is 1.74. The molecule has 1 heterocycles. The Morgan fingerprint density at radius 1 is 1.07 bits per heavy atom. The third-order valence-corrected chi connectivity index (χ3v) is 3.97. The summed E-state index contributed by atoms with van der Waals surface area (Å²) in [4.78, 5) is 8.30. The maximum absolute atomic E-state index is 5.96. The van der Waals surface area contributed by atoms with Gasteiger partial charge in [0.1, 0.15) is 12.7 Å². The summed E-state index contributed by atoms with van der Waals surface area (Å²) in [6, 6.07) is 13.6. The molecule has 0 spiro atoms. The van der Waals surface area contributed by atoms with E-state index in [4.69, 9.17) is 15.2 Å². The molecule has 0 fully saturated rings. The van der Waals surface area contributed by atoms with Crippen molar-refractivity contribution >= 4 is 29.9 Å². The summed E-state index contributed by atoms with van der Waals surface area (Å²) in [5, 5.41) is 7.21. The first-order chi connectivity index (χ1) is 13.2. The highest BCUT2D eigenvalue weighted by atomic mass is 127. The van der Waals surface area contributed by atoms with Gasteiger partial charge in [-0.05, 0) is 35.4 Å². The highest BCUT2D eigenvalue weighted by molar-refractivity contribution is 14.0. The molecular weight excluding hydrogens is 471 g/mol. The summed E-state index contributed by atoms with van der Waals surface area (Å²) < 4.78 is 12.2. The fourth-order valence-corrected chi connectivity index (χ4v) is 2.51. The standard InChI is InChI=1S/C19H22N6O2.HI/c1-26-17-8-5-15(9-18(17)27-2)11-23-19(20)22-10-14-3-6-16(7-4-14)25-13-21-12-24-25;/h3-9,12-13H,10-11H2,1-2H3,(H3,20,22,23);1H. The number of hydrogen-bond acceptors (Lipinski definition) is 5. The van der Waals surface area contributed by atoms with Gasteiger partial charge in [-0.2, -0.15) is 5.10 Å². The van der Waals surface area contributed by atoms with Gasteiger partial charge >= 0.3 is 0 Å². The quantitative estimate of drug-likeness (QED) is 0.298. The van der Waals surface area contributed by atoms with E-state index in [1.165, 1.54) is 6.33 Å². The molecule has 3 rings (SSSR count). The Morgan fingerprint density at radius 2 is 1.79 bits per heavy atom. The number of aliphatic imine (C=N–C) groups is 1. The van der Waals surface area contributed by atoms with Crippen molar-refractivity contribution in [1.29, 1.82) is 0 Å². The lowest BCUT2D eigenvalue weighted by molar-refractivity contribution is 0.354. The normalized spacial score (nSPS) is 10.9. The summed E-state index contributed by atoms with van der Waals surface area (Å²) in [6.45, 7) is 1.03. The van der Waals surface area contributed by atoms with E-state index in [2.05, 4.69) is 20.4 Å². The second-order valence-electron chi connectivity index (χ2n) is 5.75. The Labute approximate surface area is 180 Å². The molecule has 148 valence electrons. The van der Waals surface area contributed by atoms with Gasteiger partial charge in [0.15, 0.2) is 17.5 Å². The molecule has 0 aliphatic carbocycles. The average molecular weight is 494 g/mol. The van der Waals surface area contributed by atoms with Gasteiger partial charge in [0.25, 0.3) is 0 Å². The highest BCUT2D eigenvalue weighted by Gasteiger charge is 2.04. The molecule has 0 radical (unpaired) electrons. The molecule has 9 heteroatoms. The first-order valence-electron chi connectivity index (χ1n) is 8.38. The van der Waals surface area contributed by atoms with Crippen molar-refractivity contribution in [1.82, 2.24) is 20.1 Å². The van der Waals surface area contributed by atoms with Crippen molar-refractivity contribution in [2.45, 2.75) is 13.1 Å². The van der Waals surface area contributed by atoms with Crippen molar-refractivity contribution in [2.24, 2.45) is 10.7 Å². The number of rotatable bonds is 7. The summed E-state index contributed by atoms with van der Waals surface area (Å²) in [7, 11) is 3.21. The van der Waals surface area contributed by atoms with E-state index in [-0.39, 0.29) is 24.0 Å². The number of methoxy groups -OCH3 is 2. The highest BCUT2D eigenvalue weighted by Crippen LogP contribution is 2.27. The van der Waals surface area contributed by atoms with E-state index in [1.54, 1.807) is 25.2 Å². The van der Waals surface area contributed by atoms with E-state index in [9.17, 15) is 0 Å². The van der Waals surface area contributed by atoms with Crippen molar-refractivity contribution < 1.29 is 9.47 Å². The van der Waals surface area contributed by atoms with E-state index >= 15 is 0 Å². The maximum atomic E-state index is 5.96. The zero-order chi connectivity index (χ0) is 19.1. The Morgan fingerprint density at radius 3 is 2.43 bits per heavy atom. The first-order valence-corrected chi connectivity index (χ1v) is 8.38. The second-order valence-corrected chi connectivity index (χ2v) is 5.75. The number of nitrogens with zero attached hydrogens (tertiary/aromatic N) is 4. The molecule has 3 N–H and O–H groups in total. The molecule has 0 saturated heterocycles. The van der Waals surface area contributed by atoms with Crippen LogP contribution in [0.25, 0.3) is 5.69 Å². The van der Waals surface area contributed by atoms with Crippen LogP contribution in [-0.2, 0) is 13.1 Å². The molecule has 0 amide bonds. The molecule has 0 aliphatic rings. The van der Waals surface area contributed by atoms with Crippen LogP contribution in [-0.4, -0.2) is 34.9 Å². The summed E-state index contributed by atoms with van der Waals surface area (Å²) in [5.41, 5.74) is 8.98. The van der Waals surface area contributed by atoms with Crippen LogP contribution in [0.5, 0.6) is 11.5 Å². The van der Waals surface area contributed by atoms with Crippen LogP contribution in [0.2, 0.25) is 0 Å². The number of ether oxygens (including phenoxy) is 2. The fourth-order valence-electron chi connectivity index (χ4n) is 2.51. The molecule has 3 aromatic rings. The lowest BCUT2D eigenvalue weighted by atomic mass is 10.2. The Balaban J connectivity index is 0.00000280. The van der Waals surface area contributed by atoms with Gasteiger partial charge in [-0.1, -0.05) is 18.2 Å². The number of nitrogens with one attached hydrogen (secondary N) is 1. The third kappa shape index (κ3) is 5.59. The van der Waals surface area contributed by atoms with Crippen molar-refractivity contribution in [3.05, 3.63) is 66.2 Å². The van der Waals surface area contributed by atoms with Crippen LogP contribution in [0.4, 0.5) is 0 Å². The SMILES string of the molecule is COc1ccc(CN=C(N)NCc2ccc(-n3cncn3)cc2)cc1OC.I. The van der Waals surface area contributed by atoms with Crippen molar-refractivity contribution in [3.63, 3.8) is 0 Å². The number of guanidine groups is 1. The number of halogens is 1. The van der Waals surface area contributed by atoms with Gasteiger partial charge in [-0.15, -0.1) is 24.0 Å². The van der Waals surface area contributed by atoms with Crippen LogP contribution in [0.1, 0.15) is 11.1 Å². The minimum absolute atomic E-state index is 0. The molecule has 0 saturated carbocycles. The van der Waals surface area contributed by atoms with Gasteiger partial charge in [0.05, 0.1) is 26.5 Å². The number of nitrogens with two attached hydrogens (primary N) is 1. The van der Waals surface area contributed by atoms with Gasteiger partial charge in [-0.25, -0.2) is 14.7 Å². The van der Waals surface area contributed by atoms with Crippen LogP contribution in [0.15, 0.2) is 60.1 Å². The molecule has 0 aliphatic heterocycles. The third-order valence-electron chi connectivity index (χ3n) is 3.97. The van der Waals surface area contributed by atoms with Gasteiger partial charge in [0, 0.05) is 6.54 Å². The van der Waals surface area contributed by atoms with Gasteiger partial charge in [0.2, 0.25) is 0 Å². The minimum Gasteiger partial charge on any atom is -0.493 e. The monoisotopic (exact) mass is 494 g/mol. The van der Waals surface area contributed by atoms with Crippen LogP contribution >= 0.6 is 24.0 Å². The van der Waals surface area contributed by atoms with E-state index < -0.39 is 0 Å². The second kappa shape index (κ2) is 10.5. The Hall–Kier alpha value is -2.82. The zero-order valence-electron chi connectivity index (χ0n) is 15.7. The van der Waals surface area contributed by atoms with E-state index in [0.717, 1.165) is 16.8 Å². The van der Waals surface area contributed by atoms with Crippen LogP contribution < -0.4 is 20.5 Å². The molecule has 0 atom stereocenters. The largest absolute Gasteiger partial charge is 0.493 e. The van der Waals surface area contributed by atoms with Crippen molar-refractivity contribution in [2.75, 3.05) is 14.2 Å². The zero-order valence-corrected chi connectivity index (χ0v) is 18.0. The van der Waals surface area contributed by atoms with Gasteiger partial charge < -0.3 is 20.5 Å². The predicted molar refractivity (Wildman–Crippen MR) is 118 cm³/mol. The lowest BCUT2D eigenvalue weighted by Gasteiger charge is -2.09. The van der Waals surface area contributed by atoms with E-state index in [0.29, 0.717) is 30.5 Å². The maximum Gasteiger partial charge on any atom is 0.189 e. The molecule has 28 heavy (non-hydrogen) atoms. The fraction of sp³-hybridized carbons (Fsp3) is 0.211. The molecule has 0 bridgehead atoms. The molecule has 2 aromatic carbocycles. The van der Waals surface area contributed by atoms with Gasteiger partial charge in [-0.3, -0.25) is 0 Å².